The number of fused-ring (bicyclic) bond motifs is 1. The molecule has 3 nitrogen and oxygen atoms in total. The molecule has 0 aromatic rings. The molecule has 74 valence electrons. The van der Waals surface area contributed by atoms with Gasteiger partial charge in [0.1, 0.15) is 0 Å². The Morgan fingerprint density at radius 1 is 1.46 bits per heavy atom. The van der Waals surface area contributed by atoms with E-state index in [0.717, 1.165) is 12.5 Å². The van der Waals surface area contributed by atoms with Crippen LogP contribution in [-0.4, -0.2) is 30.2 Å². The summed E-state index contributed by atoms with van der Waals surface area (Å²) in [5.41, 5.74) is 0. The van der Waals surface area contributed by atoms with Gasteiger partial charge in [-0.05, 0) is 32.1 Å². The highest BCUT2D eigenvalue weighted by Crippen LogP contribution is 2.37. The van der Waals surface area contributed by atoms with Gasteiger partial charge in [0.05, 0.1) is 6.61 Å². The first-order valence-electron chi connectivity index (χ1n) is 5.26. The number of amides is 1. The fourth-order valence-electron chi connectivity index (χ4n) is 2.67. The monoisotopic (exact) mass is 183 g/mol. The zero-order chi connectivity index (χ0) is 9.26. The summed E-state index contributed by atoms with van der Waals surface area (Å²) in [5.74, 6) is 0.768. The molecule has 13 heavy (non-hydrogen) atoms. The van der Waals surface area contributed by atoms with Crippen molar-refractivity contribution in [1.29, 1.82) is 0 Å². The Hall–Kier alpha value is -0.730. The molecule has 2 fully saturated rings. The van der Waals surface area contributed by atoms with Gasteiger partial charge in [0.15, 0.2) is 0 Å². The van der Waals surface area contributed by atoms with E-state index in [9.17, 15) is 4.79 Å². The zero-order valence-corrected chi connectivity index (χ0v) is 8.16. The Morgan fingerprint density at radius 2 is 2.31 bits per heavy atom. The lowest BCUT2D eigenvalue weighted by atomic mass is 10.1. The van der Waals surface area contributed by atoms with Gasteiger partial charge in [0, 0.05) is 12.6 Å². The van der Waals surface area contributed by atoms with Crippen LogP contribution in [0.1, 0.15) is 32.6 Å². The van der Waals surface area contributed by atoms with Gasteiger partial charge in [-0.2, -0.15) is 0 Å². The zero-order valence-electron chi connectivity index (χ0n) is 8.16. The van der Waals surface area contributed by atoms with Gasteiger partial charge in [-0.1, -0.05) is 6.42 Å². The second kappa shape index (κ2) is 3.56. The third-order valence-corrected chi connectivity index (χ3v) is 3.26. The Bertz CT molecular complexity index is 205. The quantitative estimate of drug-likeness (QED) is 0.622. The normalized spacial score (nSPS) is 31.9. The molecular formula is C10H17NO2. The van der Waals surface area contributed by atoms with E-state index in [1.165, 1.54) is 25.7 Å². The molecule has 0 spiro atoms. The van der Waals surface area contributed by atoms with Crippen molar-refractivity contribution in [3.8, 4) is 0 Å². The molecule has 0 bridgehead atoms. The minimum atomic E-state index is -0.100. The first kappa shape index (κ1) is 8.85. The largest absolute Gasteiger partial charge is 0.450 e. The first-order valence-corrected chi connectivity index (χ1v) is 5.26. The van der Waals surface area contributed by atoms with Gasteiger partial charge in [-0.15, -0.1) is 0 Å². The summed E-state index contributed by atoms with van der Waals surface area (Å²) in [6.45, 7) is 3.26. The van der Waals surface area contributed by atoms with Gasteiger partial charge in [-0.25, -0.2) is 4.79 Å². The predicted molar refractivity (Wildman–Crippen MR) is 49.5 cm³/mol. The Kier molecular flexibility index (Phi) is 2.42. The highest BCUT2D eigenvalue weighted by molar-refractivity contribution is 5.68. The van der Waals surface area contributed by atoms with Gasteiger partial charge in [0.25, 0.3) is 0 Å². The van der Waals surface area contributed by atoms with Crippen molar-refractivity contribution < 1.29 is 9.53 Å². The summed E-state index contributed by atoms with van der Waals surface area (Å²) in [6, 6.07) is 0.499. The molecular weight excluding hydrogens is 166 g/mol. The second-order valence-electron chi connectivity index (χ2n) is 3.94. The molecule has 2 rings (SSSR count). The SMILES string of the molecule is CCOC(=O)N1CCC2CCCC21. The molecule has 2 aliphatic rings. The average molecular weight is 183 g/mol. The lowest BCUT2D eigenvalue weighted by molar-refractivity contribution is 0.101. The Morgan fingerprint density at radius 3 is 3.08 bits per heavy atom. The molecule has 1 aliphatic carbocycles. The maximum atomic E-state index is 11.5. The number of ether oxygens (including phenoxy) is 1. The van der Waals surface area contributed by atoms with E-state index < -0.39 is 0 Å². The number of likely N-dealkylation sites (tertiary alicyclic amines) is 1. The van der Waals surface area contributed by atoms with E-state index in [1.54, 1.807) is 0 Å². The van der Waals surface area contributed by atoms with Crippen LogP contribution in [0.3, 0.4) is 0 Å². The fraction of sp³-hybridized carbons (Fsp3) is 0.900. The smallest absolute Gasteiger partial charge is 0.410 e. The summed E-state index contributed by atoms with van der Waals surface area (Å²) in [5, 5.41) is 0. The second-order valence-corrected chi connectivity index (χ2v) is 3.94. The molecule has 1 aliphatic heterocycles. The number of rotatable bonds is 1. The van der Waals surface area contributed by atoms with Gasteiger partial charge < -0.3 is 9.64 Å². The van der Waals surface area contributed by atoms with E-state index in [4.69, 9.17) is 4.74 Å². The number of carbonyl (C=O) groups excluding carboxylic acids is 1. The van der Waals surface area contributed by atoms with Crippen molar-refractivity contribution >= 4 is 6.09 Å². The van der Waals surface area contributed by atoms with Crippen molar-refractivity contribution in [1.82, 2.24) is 4.90 Å². The van der Waals surface area contributed by atoms with Gasteiger partial charge in [-0.3, -0.25) is 0 Å². The predicted octanol–water partition coefficient (Wildman–Crippen LogP) is 2.02. The van der Waals surface area contributed by atoms with Crippen molar-refractivity contribution in [2.75, 3.05) is 13.2 Å². The molecule has 2 unspecified atom stereocenters. The first-order chi connectivity index (χ1) is 6.33. The summed E-state index contributed by atoms with van der Waals surface area (Å²) < 4.78 is 5.02. The molecule has 1 saturated heterocycles. The molecule has 0 aromatic carbocycles. The van der Waals surface area contributed by atoms with Crippen LogP contribution in [0, 0.1) is 5.92 Å². The highest BCUT2D eigenvalue weighted by atomic mass is 16.6. The lowest BCUT2D eigenvalue weighted by Crippen LogP contribution is -2.36. The van der Waals surface area contributed by atoms with E-state index in [2.05, 4.69) is 0 Å². The number of carbonyl (C=O) groups is 1. The fourth-order valence-corrected chi connectivity index (χ4v) is 2.67. The van der Waals surface area contributed by atoms with Crippen LogP contribution in [0.4, 0.5) is 4.79 Å². The molecule has 0 N–H and O–H groups in total. The Labute approximate surface area is 79.0 Å². The highest BCUT2D eigenvalue weighted by Gasteiger charge is 2.40. The van der Waals surface area contributed by atoms with Crippen molar-refractivity contribution in [2.24, 2.45) is 5.92 Å². The minimum Gasteiger partial charge on any atom is -0.450 e. The average Bonchev–Trinajstić information content (AvgIpc) is 2.62. The van der Waals surface area contributed by atoms with E-state index >= 15 is 0 Å². The Balaban J connectivity index is 1.96. The summed E-state index contributed by atoms with van der Waals surface area (Å²) >= 11 is 0. The lowest BCUT2D eigenvalue weighted by Gasteiger charge is -2.22. The molecule has 2 atom stereocenters. The van der Waals surface area contributed by atoms with Crippen molar-refractivity contribution in [3.05, 3.63) is 0 Å². The molecule has 1 amide bonds. The van der Waals surface area contributed by atoms with Gasteiger partial charge in [0.2, 0.25) is 0 Å². The molecule has 0 aromatic heterocycles. The van der Waals surface area contributed by atoms with Crippen molar-refractivity contribution in [3.63, 3.8) is 0 Å². The minimum absolute atomic E-state index is 0.100. The van der Waals surface area contributed by atoms with Crippen LogP contribution in [0.2, 0.25) is 0 Å². The maximum absolute atomic E-state index is 11.5. The van der Waals surface area contributed by atoms with E-state index in [-0.39, 0.29) is 6.09 Å². The van der Waals surface area contributed by atoms with Crippen LogP contribution in [-0.2, 0) is 4.74 Å². The van der Waals surface area contributed by atoms with Crippen LogP contribution in [0.5, 0.6) is 0 Å². The number of hydrogen-bond acceptors (Lipinski definition) is 2. The van der Waals surface area contributed by atoms with Crippen LogP contribution in [0.15, 0.2) is 0 Å². The standard InChI is InChI=1S/C10H17NO2/c1-2-13-10(12)11-7-6-8-4-3-5-9(8)11/h8-9H,2-7H2,1H3. The third-order valence-electron chi connectivity index (χ3n) is 3.26. The molecule has 3 heteroatoms. The molecule has 1 saturated carbocycles. The van der Waals surface area contributed by atoms with Gasteiger partial charge >= 0.3 is 6.09 Å². The number of hydrogen-bond donors (Lipinski definition) is 0. The van der Waals surface area contributed by atoms with E-state index in [1.807, 2.05) is 11.8 Å². The van der Waals surface area contributed by atoms with E-state index in [0.29, 0.717) is 12.6 Å². The maximum Gasteiger partial charge on any atom is 0.410 e. The summed E-state index contributed by atoms with van der Waals surface area (Å²) in [4.78, 5) is 13.4. The van der Waals surface area contributed by atoms with Crippen LogP contribution in [0.25, 0.3) is 0 Å². The van der Waals surface area contributed by atoms with Crippen LogP contribution >= 0.6 is 0 Å². The summed E-state index contributed by atoms with van der Waals surface area (Å²) in [6.07, 6.45) is 4.86. The summed E-state index contributed by atoms with van der Waals surface area (Å²) in [7, 11) is 0. The number of nitrogens with zero attached hydrogens (tertiary/aromatic N) is 1. The third kappa shape index (κ3) is 1.52. The molecule has 1 heterocycles. The van der Waals surface area contributed by atoms with Crippen molar-refractivity contribution in [2.45, 2.75) is 38.6 Å². The topological polar surface area (TPSA) is 29.5 Å². The van der Waals surface area contributed by atoms with Crippen LogP contribution < -0.4 is 0 Å². The molecule has 0 radical (unpaired) electrons.